The smallest absolute Gasteiger partial charge is 0.144 e. The Labute approximate surface area is 107 Å². The summed E-state index contributed by atoms with van der Waals surface area (Å²) in [5.74, 6) is 0.646. The minimum absolute atomic E-state index is 0.158. The van der Waals surface area contributed by atoms with Gasteiger partial charge < -0.3 is 20.9 Å². The Kier molecular flexibility index (Phi) is 4.04. The average molecular weight is 249 g/mol. The maximum atomic E-state index is 5.96. The summed E-state index contributed by atoms with van der Waals surface area (Å²) < 4.78 is 11.2. The topological polar surface area (TPSA) is 82.9 Å². The van der Waals surface area contributed by atoms with Gasteiger partial charge in [-0.15, -0.1) is 0 Å². The molecule has 1 saturated heterocycles. The molecule has 0 atom stereocenters. The Balaban J connectivity index is 2.15. The van der Waals surface area contributed by atoms with Gasteiger partial charge in [0.25, 0.3) is 0 Å². The van der Waals surface area contributed by atoms with Gasteiger partial charge in [-0.25, -0.2) is 0 Å². The van der Waals surface area contributed by atoms with Crippen LogP contribution in [-0.4, -0.2) is 32.6 Å². The van der Waals surface area contributed by atoms with Crippen LogP contribution in [0.15, 0.2) is 17.1 Å². The van der Waals surface area contributed by atoms with Crippen molar-refractivity contribution in [1.82, 2.24) is 0 Å². The van der Waals surface area contributed by atoms with Crippen LogP contribution in [0.4, 0.5) is 11.4 Å². The summed E-state index contributed by atoms with van der Waals surface area (Å²) in [5.41, 5.74) is 13.9. The van der Waals surface area contributed by atoms with Crippen LogP contribution in [0.1, 0.15) is 18.4 Å². The van der Waals surface area contributed by atoms with Gasteiger partial charge in [-0.05, 0) is 6.07 Å². The quantitative estimate of drug-likeness (QED) is 0.627. The van der Waals surface area contributed by atoms with Gasteiger partial charge in [0.1, 0.15) is 11.9 Å². The second-order valence-electron chi connectivity index (χ2n) is 4.34. The van der Waals surface area contributed by atoms with Gasteiger partial charge in [0.15, 0.2) is 0 Å². The van der Waals surface area contributed by atoms with Crippen molar-refractivity contribution in [1.29, 1.82) is 0 Å². The highest BCUT2D eigenvalue weighted by molar-refractivity contribution is 5.89. The number of anilines is 2. The minimum atomic E-state index is 0.158. The Morgan fingerprint density at radius 3 is 2.67 bits per heavy atom. The van der Waals surface area contributed by atoms with E-state index in [1.807, 2.05) is 0 Å². The highest BCUT2D eigenvalue weighted by atomic mass is 16.5. The van der Waals surface area contributed by atoms with Crippen LogP contribution < -0.4 is 16.2 Å². The third-order valence-electron chi connectivity index (χ3n) is 2.95. The lowest BCUT2D eigenvalue weighted by Gasteiger charge is -2.24. The first-order valence-electron chi connectivity index (χ1n) is 6.06. The number of rotatable bonds is 3. The SMILES string of the molecule is CN=Cc1cc(N)c(OC2CCOCC2)cc1N. The molecule has 1 aromatic carbocycles. The predicted molar refractivity (Wildman–Crippen MR) is 73.3 cm³/mol. The molecule has 0 aliphatic carbocycles. The summed E-state index contributed by atoms with van der Waals surface area (Å²) in [5, 5.41) is 0. The molecule has 1 aromatic rings. The average Bonchev–Trinajstić information content (AvgIpc) is 2.37. The molecule has 5 heteroatoms. The molecule has 1 heterocycles. The molecule has 1 aliphatic heterocycles. The van der Waals surface area contributed by atoms with Crippen LogP contribution >= 0.6 is 0 Å². The van der Waals surface area contributed by atoms with E-state index in [1.165, 1.54) is 0 Å². The third kappa shape index (κ3) is 2.92. The fraction of sp³-hybridized carbons (Fsp3) is 0.462. The van der Waals surface area contributed by atoms with Crippen LogP contribution in [0, 0.1) is 0 Å². The fourth-order valence-electron chi connectivity index (χ4n) is 1.96. The molecule has 18 heavy (non-hydrogen) atoms. The summed E-state index contributed by atoms with van der Waals surface area (Å²) in [6.07, 6.45) is 3.62. The number of nitrogen functional groups attached to an aromatic ring is 2. The number of nitrogens with zero attached hydrogens (tertiary/aromatic N) is 1. The predicted octanol–water partition coefficient (Wildman–Crippen LogP) is 1.46. The van der Waals surface area contributed by atoms with Gasteiger partial charge in [0.05, 0.1) is 18.9 Å². The highest BCUT2D eigenvalue weighted by Crippen LogP contribution is 2.29. The molecule has 1 fully saturated rings. The Hall–Kier alpha value is -1.75. The molecule has 0 bridgehead atoms. The molecule has 98 valence electrons. The van der Waals surface area contributed by atoms with E-state index in [0.717, 1.165) is 31.6 Å². The van der Waals surface area contributed by atoms with Crippen molar-refractivity contribution in [3.63, 3.8) is 0 Å². The first-order chi connectivity index (χ1) is 8.70. The molecular formula is C13H19N3O2. The standard InChI is InChI=1S/C13H19N3O2/c1-16-8-9-6-12(15)13(7-11(9)14)18-10-2-4-17-5-3-10/h6-8,10H,2-5,14-15H2,1H3. The molecule has 5 nitrogen and oxygen atoms in total. The lowest BCUT2D eigenvalue weighted by Crippen LogP contribution is -2.26. The summed E-state index contributed by atoms with van der Waals surface area (Å²) in [7, 11) is 1.70. The van der Waals surface area contributed by atoms with Crippen molar-refractivity contribution < 1.29 is 9.47 Å². The molecule has 0 aromatic heterocycles. The van der Waals surface area contributed by atoms with Crippen molar-refractivity contribution in [2.75, 3.05) is 31.7 Å². The number of hydrogen-bond acceptors (Lipinski definition) is 5. The zero-order valence-corrected chi connectivity index (χ0v) is 10.6. The van der Waals surface area contributed by atoms with Crippen molar-refractivity contribution in [3.05, 3.63) is 17.7 Å². The summed E-state index contributed by atoms with van der Waals surface area (Å²) in [6, 6.07) is 3.55. The summed E-state index contributed by atoms with van der Waals surface area (Å²) in [6.45, 7) is 1.47. The second-order valence-corrected chi connectivity index (χ2v) is 4.34. The zero-order chi connectivity index (χ0) is 13.0. The first kappa shape index (κ1) is 12.7. The van der Waals surface area contributed by atoms with Gasteiger partial charge in [0.2, 0.25) is 0 Å². The van der Waals surface area contributed by atoms with E-state index in [2.05, 4.69) is 4.99 Å². The molecule has 0 saturated carbocycles. The van der Waals surface area contributed by atoms with E-state index in [1.54, 1.807) is 25.4 Å². The van der Waals surface area contributed by atoms with E-state index >= 15 is 0 Å². The van der Waals surface area contributed by atoms with E-state index in [-0.39, 0.29) is 6.10 Å². The van der Waals surface area contributed by atoms with Crippen molar-refractivity contribution in [2.45, 2.75) is 18.9 Å². The van der Waals surface area contributed by atoms with Crippen molar-refractivity contribution in [3.8, 4) is 5.75 Å². The molecule has 0 unspecified atom stereocenters. The van der Waals surface area contributed by atoms with E-state index < -0.39 is 0 Å². The van der Waals surface area contributed by atoms with Gasteiger partial charge >= 0.3 is 0 Å². The number of nitrogens with two attached hydrogens (primary N) is 2. The van der Waals surface area contributed by atoms with Crippen molar-refractivity contribution >= 4 is 17.6 Å². The van der Waals surface area contributed by atoms with Gasteiger partial charge in [0, 0.05) is 43.4 Å². The van der Waals surface area contributed by atoms with E-state index in [4.69, 9.17) is 20.9 Å². The highest BCUT2D eigenvalue weighted by Gasteiger charge is 2.17. The molecule has 0 radical (unpaired) electrons. The Morgan fingerprint density at radius 1 is 1.28 bits per heavy atom. The van der Waals surface area contributed by atoms with Crippen LogP contribution in [0.25, 0.3) is 0 Å². The normalized spacial score (nSPS) is 17.2. The fourth-order valence-corrected chi connectivity index (χ4v) is 1.96. The van der Waals surface area contributed by atoms with Crippen LogP contribution in [0.5, 0.6) is 5.75 Å². The molecule has 2 rings (SSSR count). The van der Waals surface area contributed by atoms with Crippen LogP contribution in [0.3, 0.4) is 0 Å². The number of hydrogen-bond donors (Lipinski definition) is 2. The molecule has 1 aliphatic rings. The molecule has 0 amide bonds. The zero-order valence-electron chi connectivity index (χ0n) is 10.6. The maximum absolute atomic E-state index is 5.96. The third-order valence-corrected chi connectivity index (χ3v) is 2.95. The largest absolute Gasteiger partial charge is 0.488 e. The van der Waals surface area contributed by atoms with Crippen LogP contribution in [0.2, 0.25) is 0 Å². The van der Waals surface area contributed by atoms with Gasteiger partial charge in [-0.2, -0.15) is 0 Å². The van der Waals surface area contributed by atoms with E-state index in [0.29, 0.717) is 17.1 Å². The Morgan fingerprint density at radius 2 is 2.00 bits per heavy atom. The number of benzene rings is 1. The first-order valence-corrected chi connectivity index (χ1v) is 6.06. The summed E-state index contributed by atoms with van der Waals surface area (Å²) in [4.78, 5) is 3.94. The lowest BCUT2D eigenvalue weighted by atomic mass is 10.1. The van der Waals surface area contributed by atoms with Gasteiger partial charge in [-0.1, -0.05) is 0 Å². The second kappa shape index (κ2) is 5.73. The van der Waals surface area contributed by atoms with Gasteiger partial charge in [-0.3, -0.25) is 4.99 Å². The number of aliphatic imine (C=N–C) groups is 1. The summed E-state index contributed by atoms with van der Waals surface area (Å²) >= 11 is 0. The molecule has 0 spiro atoms. The molecular weight excluding hydrogens is 230 g/mol. The Bertz CT molecular complexity index is 440. The molecule has 4 N–H and O–H groups in total. The minimum Gasteiger partial charge on any atom is -0.488 e. The van der Waals surface area contributed by atoms with E-state index in [9.17, 15) is 0 Å². The van der Waals surface area contributed by atoms with Crippen molar-refractivity contribution in [2.24, 2.45) is 4.99 Å². The lowest BCUT2D eigenvalue weighted by molar-refractivity contribution is 0.0259. The monoisotopic (exact) mass is 249 g/mol. The maximum Gasteiger partial charge on any atom is 0.144 e. The number of ether oxygens (including phenoxy) is 2. The van der Waals surface area contributed by atoms with Crippen LogP contribution in [-0.2, 0) is 4.74 Å².